The first-order valence-electron chi connectivity index (χ1n) is 5.68. The molecule has 0 saturated carbocycles. The third-order valence-corrected chi connectivity index (χ3v) is 2.40. The van der Waals surface area contributed by atoms with Crippen LogP contribution in [0.1, 0.15) is 12.5 Å². The van der Waals surface area contributed by atoms with Crippen LogP contribution in [0.4, 0.5) is 0 Å². The third kappa shape index (κ3) is 4.27. The van der Waals surface area contributed by atoms with Crippen LogP contribution in [0.3, 0.4) is 0 Å². The van der Waals surface area contributed by atoms with Crippen LogP contribution in [0.5, 0.6) is 11.5 Å². The predicted octanol–water partition coefficient (Wildman–Crippen LogP) is 1.88. The van der Waals surface area contributed by atoms with E-state index in [1.165, 1.54) is 27.2 Å². The van der Waals surface area contributed by atoms with Crippen molar-refractivity contribution in [1.29, 1.82) is 0 Å². The van der Waals surface area contributed by atoms with Crippen LogP contribution >= 0.6 is 0 Å². The number of hydrogen-bond donors (Lipinski definition) is 0. The second kappa shape index (κ2) is 7.13. The number of hydrogen-bond acceptors (Lipinski definition) is 6. The quantitative estimate of drug-likeness (QED) is 0.449. The Labute approximate surface area is 115 Å². The van der Waals surface area contributed by atoms with E-state index in [1.807, 2.05) is 0 Å². The van der Waals surface area contributed by atoms with Gasteiger partial charge in [-0.15, -0.1) is 0 Å². The zero-order valence-corrected chi connectivity index (χ0v) is 11.4. The zero-order chi connectivity index (χ0) is 15.1. The van der Waals surface area contributed by atoms with E-state index in [1.54, 1.807) is 18.2 Å². The summed E-state index contributed by atoms with van der Waals surface area (Å²) < 4.78 is 14.8. The van der Waals surface area contributed by atoms with Gasteiger partial charge in [0.2, 0.25) is 0 Å². The maximum Gasteiger partial charge on any atom is 0.303 e. The molecule has 7 heteroatoms. The van der Waals surface area contributed by atoms with Crippen molar-refractivity contribution in [2.24, 2.45) is 0 Å². The number of carbonyl (C=O) groups excluding carboxylic acids is 1. The van der Waals surface area contributed by atoms with Crippen LogP contribution in [0, 0.1) is 10.1 Å². The highest BCUT2D eigenvalue weighted by molar-refractivity contribution is 5.66. The molecule has 0 atom stereocenters. The number of methoxy groups -OCH3 is 2. The maximum absolute atomic E-state index is 10.9. The average Bonchev–Trinajstić information content (AvgIpc) is 2.42. The van der Waals surface area contributed by atoms with E-state index < -0.39 is 17.5 Å². The second-order valence-corrected chi connectivity index (χ2v) is 3.79. The lowest BCUT2D eigenvalue weighted by atomic mass is 10.1. The van der Waals surface area contributed by atoms with Gasteiger partial charge in [-0.2, -0.15) is 0 Å². The standard InChI is InChI=1S/C13H15NO6/c1-9(15)20-8-11(14(16)17)6-10-4-5-12(18-2)13(7-10)19-3/h4-7H,8H2,1-3H3/b11-6-. The zero-order valence-electron chi connectivity index (χ0n) is 11.4. The summed E-state index contributed by atoms with van der Waals surface area (Å²) in [4.78, 5) is 21.0. The van der Waals surface area contributed by atoms with Gasteiger partial charge in [-0.05, 0) is 17.7 Å². The normalized spacial score (nSPS) is 10.8. The Hall–Kier alpha value is -2.57. The highest BCUT2D eigenvalue weighted by Gasteiger charge is 2.13. The number of ether oxygens (including phenoxy) is 3. The Bertz CT molecular complexity index is 538. The summed E-state index contributed by atoms with van der Waals surface area (Å²) in [6.45, 7) is 0.796. The molecule has 0 unspecified atom stereocenters. The van der Waals surface area contributed by atoms with Gasteiger partial charge in [0, 0.05) is 13.0 Å². The summed E-state index contributed by atoms with van der Waals surface area (Å²) in [5, 5.41) is 10.9. The molecule has 20 heavy (non-hydrogen) atoms. The molecule has 0 aromatic heterocycles. The van der Waals surface area contributed by atoms with Gasteiger partial charge in [0.25, 0.3) is 5.70 Å². The molecule has 0 aliphatic carbocycles. The van der Waals surface area contributed by atoms with Gasteiger partial charge in [-0.25, -0.2) is 0 Å². The lowest BCUT2D eigenvalue weighted by Crippen LogP contribution is -2.09. The van der Waals surface area contributed by atoms with Gasteiger partial charge in [-0.1, -0.05) is 6.07 Å². The molecule has 0 heterocycles. The first-order valence-corrected chi connectivity index (χ1v) is 5.68. The van der Waals surface area contributed by atoms with Gasteiger partial charge in [-0.3, -0.25) is 14.9 Å². The molecule has 1 aromatic carbocycles. The van der Waals surface area contributed by atoms with E-state index in [0.29, 0.717) is 17.1 Å². The molecular formula is C13H15NO6. The van der Waals surface area contributed by atoms with Crippen molar-refractivity contribution in [2.75, 3.05) is 20.8 Å². The van der Waals surface area contributed by atoms with E-state index in [2.05, 4.69) is 4.74 Å². The van der Waals surface area contributed by atoms with Gasteiger partial charge in [0.1, 0.15) is 0 Å². The summed E-state index contributed by atoms with van der Waals surface area (Å²) in [6, 6.07) is 4.86. The highest BCUT2D eigenvalue weighted by Crippen LogP contribution is 2.28. The molecule has 0 amide bonds. The Balaban J connectivity index is 3.04. The van der Waals surface area contributed by atoms with Crippen LogP contribution in [-0.4, -0.2) is 31.7 Å². The molecular weight excluding hydrogens is 266 g/mol. The van der Waals surface area contributed by atoms with Gasteiger partial charge < -0.3 is 14.2 Å². The fourth-order valence-corrected chi connectivity index (χ4v) is 1.46. The molecule has 7 nitrogen and oxygen atoms in total. The van der Waals surface area contributed by atoms with Crippen LogP contribution in [0.15, 0.2) is 23.9 Å². The van der Waals surface area contributed by atoms with E-state index >= 15 is 0 Å². The SMILES string of the molecule is COc1ccc(/C=C(/COC(C)=O)[N+](=O)[O-])cc1OC. The summed E-state index contributed by atoms with van der Waals surface area (Å²) in [7, 11) is 2.97. The van der Waals surface area contributed by atoms with Gasteiger partial charge in [0.15, 0.2) is 18.1 Å². The van der Waals surface area contributed by atoms with Crippen molar-refractivity contribution in [2.45, 2.75) is 6.92 Å². The number of carbonyl (C=O) groups is 1. The minimum atomic E-state index is -0.598. The third-order valence-electron chi connectivity index (χ3n) is 2.40. The smallest absolute Gasteiger partial charge is 0.303 e. The fourth-order valence-electron chi connectivity index (χ4n) is 1.46. The number of benzene rings is 1. The van der Waals surface area contributed by atoms with Crippen molar-refractivity contribution in [3.63, 3.8) is 0 Å². The van der Waals surface area contributed by atoms with E-state index in [4.69, 9.17) is 9.47 Å². The maximum atomic E-state index is 10.9. The van der Waals surface area contributed by atoms with Crippen LogP contribution < -0.4 is 9.47 Å². The van der Waals surface area contributed by atoms with Gasteiger partial charge in [0.05, 0.1) is 19.1 Å². The van der Waals surface area contributed by atoms with Crippen molar-refractivity contribution in [1.82, 2.24) is 0 Å². The number of esters is 1. The minimum Gasteiger partial charge on any atom is -0.493 e. The Morgan fingerprint density at radius 2 is 1.95 bits per heavy atom. The first kappa shape index (κ1) is 15.5. The summed E-state index contributed by atoms with van der Waals surface area (Å²) in [5.41, 5.74) is 0.314. The molecule has 1 aromatic rings. The number of rotatable bonds is 6. The molecule has 0 bridgehead atoms. The van der Waals surface area contributed by atoms with Crippen molar-refractivity contribution in [3.8, 4) is 11.5 Å². The topological polar surface area (TPSA) is 87.9 Å². The minimum absolute atomic E-state index is 0.229. The van der Waals surface area contributed by atoms with Crippen LogP contribution in [-0.2, 0) is 9.53 Å². The van der Waals surface area contributed by atoms with Crippen molar-refractivity contribution in [3.05, 3.63) is 39.6 Å². The highest BCUT2D eigenvalue weighted by atomic mass is 16.6. The lowest BCUT2D eigenvalue weighted by molar-refractivity contribution is -0.428. The summed E-state index contributed by atoms with van der Waals surface area (Å²) in [5.74, 6) is 0.397. The number of nitro groups is 1. The average molecular weight is 281 g/mol. The molecule has 0 fully saturated rings. The van der Waals surface area contributed by atoms with Crippen LogP contribution in [0.25, 0.3) is 6.08 Å². The fraction of sp³-hybridized carbons (Fsp3) is 0.308. The lowest BCUT2D eigenvalue weighted by Gasteiger charge is -2.07. The molecule has 0 aliphatic rings. The molecule has 0 spiro atoms. The van der Waals surface area contributed by atoms with Crippen molar-refractivity contribution < 1.29 is 23.9 Å². The summed E-state index contributed by atoms with van der Waals surface area (Å²) in [6.07, 6.45) is 1.31. The van der Waals surface area contributed by atoms with E-state index in [0.717, 1.165) is 0 Å². The largest absolute Gasteiger partial charge is 0.493 e. The molecule has 108 valence electrons. The van der Waals surface area contributed by atoms with Gasteiger partial charge >= 0.3 is 5.97 Å². The molecule has 0 radical (unpaired) electrons. The van der Waals surface area contributed by atoms with Crippen LogP contribution in [0.2, 0.25) is 0 Å². The predicted molar refractivity (Wildman–Crippen MR) is 71.2 cm³/mol. The first-order chi connectivity index (χ1) is 9.47. The second-order valence-electron chi connectivity index (χ2n) is 3.79. The summed E-state index contributed by atoms with van der Waals surface area (Å²) >= 11 is 0. The van der Waals surface area contributed by atoms with Crippen molar-refractivity contribution >= 4 is 12.0 Å². The Kier molecular flexibility index (Phi) is 5.52. The Morgan fingerprint density at radius 1 is 1.30 bits per heavy atom. The molecule has 1 rings (SSSR count). The van der Waals surface area contributed by atoms with E-state index in [-0.39, 0.29) is 5.70 Å². The molecule has 0 aliphatic heterocycles. The Morgan fingerprint density at radius 3 is 2.45 bits per heavy atom. The molecule has 0 saturated heterocycles. The number of nitrogens with zero attached hydrogens (tertiary/aromatic N) is 1. The van der Waals surface area contributed by atoms with E-state index in [9.17, 15) is 14.9 Å². The monoisotopic (exact) mass is 281 g/mol. The molecule has 0 N–H and O–H groups in total.